The molecule has 0 saturated heterocycles. The highest BCUT2D eigenvalue weighted by Crippen LogP contribution is 2.11. The summed E-state index contributed by atoms with van der Waals surface area (Å²) in [7, 11) is 0. The van der Waals surface area contributed by atoms with Gasteiger partial charge in [0.1, 0.15) is 6.33 Å². The zero-order chi connectivity index (χ0) is 17.6. The molecule has 0 aliphatic heterocycles. The molecule has 1 atom stereocenters. The number of thiocarbonyl (C=S) groups is 1. The molecule has 0 amide bonds. The summed E-state index contributed by atoms with van der Waals surface area (Å²) in [5.74, 6) is 0.491. The van der Waals surface area contributed by atoms with Crippen molar-refractivity contribution >= 4 is 23.3 Å². The molecular formula is C19H21N5S. The number of anilines is 1. The minimum absolute atomic E-state index is 0.107. The van der Waals surface area contributed by atoms with Gasteiger partial charge in [-0.25, -0.2) is 9.67 Å². The Morgan fingerprint density at radius 3 is 2.56 bits per heavy atom. The Balaban J connectivity index is 1.55. The molecule has 5 nitrogen and oxygen atoms in total. The number of benzene rings is 2. The number of nitrogens with zero attached hydrogens (tertiary/aromatic N) is 3. The summed E-state index contributed by atoms with van der Waals surface area (Å²) < 4.78 is 1.79. The Labute approximate surface area is 153 Å². The zero-order valence-corrected chi connectivity index (χ0v) is 15.1. The minimum atomic E-state index is 0.107. The van der Waals surface area contributed by atoms with Crippen LogP contribution in [0.2, 0.25) is 0 Å². The van der Waals surface area contributed by atoms with E-state index in [-0.39, 0.29) is 6.04 Å². The van der Waals surface area contributed by atoms with E-state index in [0.29, 0.717) is 17.6 Å². The van der Waals surface area contributed by atoms with Crippen LogP contribution in [0, 0.1) is 6.92 Å². The van der Waals surface area contributed by atoms with Crippen LogP contribution in [0.15, 0.2) is 60.9 Å². The molecular weight excluding hydrogens is 330 g/mol. The van der Waals surface area contributed by atoms with E-state index in [1.54, 1.807) is 11.0 Å². The molecule has 0 bridgehead atoms. The highest BCUT2D eigenvalue weighted by Gasteiger charge is 2.08. The Morgan fingerprint density at radius 2 is 1.84 bits per heavy atom. The molecule has 0 saturated carbocycles. The molecule has 0 radical (unpaired) electrons. The monoisotopic (exact) mass is 351 g/mol. The number of hydrogen-bond donors (Lipinski definition) is 2. The van der Waals surface area contributed by atoms with Crippen LogP contribution in [0.3, 0.4) is 0 Å². The van der Waals surface area contributed by atoms with Gasteiger partial charge in [-0.1, -0.05) is 60.2 Å². The van der Waals surface area contributed by atoms with E-state index in [9.17, 15) is 0 Å². The first-order chi connectivity index (χ1) is 12.1. The predicted octanol–water partition coefficient (Wildman–Crippen LogP) is 3.68. The first kappa shape index (κ1) is 17.1. The Kier molecular flexibility index (Phi) is 5.40. The second kappa shape index (κ2) is 7.90. The third-order valence-electron chi connectivity index (χ3n) is 3.87. The van der Waals surface area contributed by atoms with Crippen molar-refractivity contribution in [2.75, 3.05) is 5.32 Å². The molecule has 1 unspecified atom stereocenters. The maximum atomic E-state index is 5.35. The van der Waals surface area contributed by atoms with Gasteiger partial charge in [-0.05, 0) is 37.2 Å². The summed E-state index contributed by atoms with van der Waals surface area (Å²) in [6.45, 7) is 4.81. The predicted molar refractivity (Wildman–Crippen MR) is 105 cm³/mol. The number of aromatic nitrogens is 3. The standard InChI is InChI=1S/C19H21N5S/c1-14-8-10-16(11-9-14)12-24-13-20-18(23-24)22-19(25)21-15(2)17-6-4-3-5-7-17/h3-11,13,15H,12H2,1-2H3,(H2,21,22,23,25). The van der Waals surface area contributed by atoms with Gasteiger partial charge in [0.2, 0.25) is 5.95 Å². The van der Waals surface area contributed by atoms with Crippen LogP contribution < -0.4 is 10.6 Å². The quantitative estimate of drug-likeness (QED) is 0.687. The van der Waals surface area contributed by atoms with Gasteiger partial charge in [0.25, 0.3) is 0 Å². The van der Waals surface area contributed by atoms with Crippen molar-refractivity contribution in [1.82, 2.24) is 20.1 Å². The molecule has 2 N–H and O–H groups in total. The van der Waals surface area contributed by atoms with Crippen molar-refractivity contribution in [1.29, 1.82) is 0 Å². The molecule has 2 aromatic carbocycles. The van der Waals surface area contributed by atoms with E-state index in [1.807, 2.05) is 18.2 Å². The summed E-state index contributed by atoms with van der Waals surface area (Å²) in [6.07, 6.45) is 1.70. The van der Waals surface area contributed by atoms with Crippen LogP contribution in [0.5, 0.6) is 0 Å². The normalized spacial score (nSPS) is 11.8. The summed E-state index contributed by atoms with van der Waals surface area (Å²) in [4.78, 5) is 4.26. The average Bonchev–Trinajstić information content (AvgIpc) is 3.04. The second-order valence-electron chi connectivity index (χ2n) is 5.98. The number of nitrogens with one attached hydrogen (secondary N) is 2. The Bertz CT molecular complexity index is 827. The maximum absolute atomic E-state index is 5.35. The van der Waals surface area contributed by atoms with E-state index in [2.05, 4.69) is 71.0 Å². The molecule has 3 rings (SSSR count). The topological polar surface area (TPSA) is 54.8 Å². The first-order valence-corrected chi connectivity index (χ1v) is 8.58. The fourth-order valence-corrected chi connectivity index (χ4v) is 2.74. The van der Waals surface area contributed by atoms with Crippen molar-refractivity contribution in [3.63, 3.8) is 0 Å². The van der Waals surface area contributed by atoms with Gasteiger partial charge in [-0.2, -0.15) is 0 Å². The fraction of sp³-hybridized carbons (Fsp3) is 0.211. The summed E-state index contributed by atoms with van der Waals surface area (Å²) in [5, 5.41) is 11.2. The molecule has 0 aliphatic carbocycles. The summed E-state index contributed by atoms with van der Waals surface area (Å²) in [5.41, 5.74) is 3.60. The average molecular weight is 351 g/mol. The van der Waals surface area contributed by atoms with E-state index < -0.39 is 0 Å². The molecule has 1 heterocycles. The van der Waals surface area contributed by atoms with Gasteiger partial charge in [-0.3, -0.25) is 5.32 Å². The molecule has 6 heteroatoms. The third kappa shape index (κ3) is 4.87. The van der Waals surface area contributed by atoms with Crippen LogP contribution in [-0.2, 0) is 6.54 Å². The minimum Gasteiger partial charge on any atom is -0.356 e. The van der Waals surface area contributed by atoms with Crippen molar-refractivity contribution in [3.05, 3.63) is 77.6 Å². The lowest BCUT2D eigenvalue weighted by molar-refractivity contribution is 0.686. The first-order valence-electron chi connectivity index (χ1n) is 8.17. The molecule has 128 valence electrons. The highest BCUT2D eigenvalue weighted by molar-refractivity contribution is 7.80. The van der Waals surface area contributed by atoms with Gasteiger partial charge >= 0.3 is 0 Å². The van der Waals surface area contributed by atoms with Gasteiger partial charge in [-0.15, -0.1) is 5.10 Å². The number of aryl methyl sites for hydroxylation is 1. The molecule has 25 heavy (non-hydrogen) atoms. The van der Waals surface area contributed by atoms with E-state index in [1.165, 1.54) is 16.7 Å². The SMILES string of the molecule is Cc1ccc(Cn2cnc(NC(=S)NC(C)c3ccccc3)n2)cc1. The van der Waals surface area contributed by atoms with E-state index in [0.717, 1.165) is 0 Å². The summed E-state index contributed by atoms with van der Waals surface area (Å²) >= 11 is 5.35. The lowest BCUT2D eigenvalue weighted by atomic mass is 10.1. The van der Waals surface area contributed by atoms with E-state index >= 15 is 0 Å². The van der Waals surface area contributed by atoms with Gasteiger partial charge in [0.05, 0.1) is 12.6 Å². The van der Waals surface area contributed by atoms with Crippen molar-refractivity contribution in [2.24, 2.45) is 0 Å². The molecule has 0 spiro atoms. The number of rotatable bonds is 5. The maximum Gasteiger partial charge on any atom is 0.248 e. The van der Waals surface area contributed by atoms with Crippen LogP contribution in [-0.4, -0.2) is 19.9 Å². The van der Waals surface area contributed by atoms with Crippen LogP contribution in [0.1, 0.15) is 29.7 Å². The molecule has 1 aromatic heterocycles. The molecule has 0 fully saturated rings. The van der Waals surface area contributed by atoms with Gasteiger partial charge in [0.15, 0.2) is 5.11 Å². The van der Waals surface area contributed by atoms with E-state index in [4.69, 9.17) is 12.2 Å². The largest absolute Gasteiger partial charge is 0.356 e. The Hall–Kier alpha value is -2.73. The molecule has 3 aromatic rings. The van der Waals surface area contributed by atoms with Crippen LogP contribution in [0.4, 0.5) is 5.95 Å². The highest BCUT2D eigenvalue weighted by atomic mass is 32.1. The second-order valence-corrected chi connectivity index (χ2v) is 6.39. The van der Waals surface area contributed by atoms with Crippen molar-refractivity contribution in [3.8, 4) is 0 Å². The third-order valence-corrected chi connectivity index (χ3v) is 4.09. The van der Waals surface area contributed by atoms with Gasteiger partial charge in [0, 0.05) is 0 Å². The lowest BCUT2D eigenvalue weighted by Gasteiger charge is -2.16. The van der Waals surface area contributed by atoms with Crippen LogP contribution >= 0.6 is 12.2 Å². The molecule has 0 aliphatic rings. The zero-order valence-electron chi connectivity index (χ0n) is 14.3. The fourth-order valence-electron chi connectivity index (χ4n) is 2.47. The van der Waals surface area contributed by atoms with Gasteiger partial charge < -0.3 is 5.32 Å². The smallest absolute Gasteiger partial charge is 0.248 e. The van der Waals surface area contributed by atoms with Crippen LogP contribution in [0.25, 0.3) is 0 Å². The lowest BCUT2D eigenvalue weighted by Crippen LogP contribution is -2.31. The van der Waals surface area contributed by atoms with Crippen molar-refractivity contribution < 1.29 is 0 Å². The van der Waals surface area contributed by atoms with Crippen molar-refractivity contribution in [2.45, 2.75) is 26.4 Å². The summed E-state index contributed by atoms with van der Waals surface area (Å²) in [6, 6.07) is 18.6. The number of hydrogen-bond acceptors (Lipinski definition) is 3. The Morgan fingerprint density at radius 1 is 1.12 bits per heavy atom.